The van der Waals surface area contributed by atoms with E-state index in [0.29, 0.717) is 11.4 Å². The number of nitrogens with zero attached hydrogens (tertiary/aromatic N) is 2. The monoisotopic (exact) mass is 192 g/mol. The fourth-order valence-corrected chi connectivity index (χ4v) is 1.32. The van der Waals surface area contributed by atoms with Crippen molar-refractivity contribution in [2.24, 2.45) is 0 Å². The van der Waals surface area contributed by atoms with Gasteiger partial charge in [0.05, 0.1) is 7.11 Å². The van der Waals surface area contributed by atoms with Crippen molar-refractivity contribution in [2.45, 2.75) is 0 Å². The van der Waals surface area contributed by atoms with Gasteiger partial charge in [0.15, 0.2) is 11.4 Å². The number of hydrogen-bond donors (Lipinski definition) is 1. The highest BCUT2D eigenvalue weighted by atomic mass is 16.5. The molecule has 5 nitrogen and oxygen atoms in total. The van der Waals surface area contributed by atoms with E-state index in [-0.39, 0.29) is 5.69 Å². The number of aromatic nitrogens is 2. The van der Waals surface area contributed by atoms with Crippen LogP contribution in [0, 0.1) is 0 Å². The number of hydrogen-bond acceptors (Lipinski definition) is 3. The summed E-state index contributed by atoms with van der Waals surface area (Å²) in [6.45, 7) is 0. The standard InChI is InChI=1S/C9H8N2O3/c1-14-7-3-2-6(9(12)13)11-5-4-10-8(7)11/h2-5H,1H3,(H,12,13). The second-order valence-corrected chi connectivity index (χ2v) is 2.71. The van der Waals surface area contributed by atoms with Crippen LogP contribution in [-0.4, -0.2) is 27.6 Å². The first-order chi connectivity index (χ1) is 6.74. The summed E-state index contributed by atoms with van der Waals surface area (Å²) < 4.78 is 6.52. The van der Waals surface area contributed by atoms with Crippen molar-refractivity contribution in [2.75, 3.05) is 7.11 Å². The third-order valence-electron chi connectivity index (χ3n) is 1.95. The second kappa shape index (κ2) is 3.02. The number of ether oxygens (including phenoxy) is 1. The normalized spacial score (nSPS) is 10.4. The van der Waals surface area contributed by atoms with E-state index >= 15 is 0 Å². The molecule has 2 rings (SSSR count). The van der Waals surface area contributed by atoms with Gasteiger partial charge in [-0.3, -0.25) is 4.40 Å². The van der Waals surface area contributed by atoms with Crippen LogP contribution in [-0.2, 0) is 0 Å². The van der Waals surface area contributed by atoms with Crippen LogP contribution >= 0.6 is 0 Å². The molecule has 0 spiro atoms. The first kappa shape index (κ1) is 8.55. The van der Waals surface area contributed by atoms with Crippen molar-refractivity contribution in [3.05, 3.63) is 30.2 Å². The minimum Gasteiger partial charge on any atom is -0.493 e. The second-order valence-electron chi connectivity index (χ2n) is 2.71. The number of imidazole rings is 1. The number of carbonyl (C=O) groups is 1. The summed E-state index contributed by atoms with van der Waals surface area (Å²) in [5.41, 5.74) is 0.672. The van der Waals surface area contributed by atoms with E-state index in [9.17, 15) is 4.79 Å². The smallest absolute Gasteiger partial charge is 0.352 e. The van der Waals surface area contributed by atoms with Crippen LogP contribution in [0.15, 0.2) is 24.5 Å². The van der Waals surface area contributed by atoms with Crippen molar-refractivity contribution >= 4 is 11.6 Å². The molecular weight excluding hydrogens is 184 g/mol. The van der Waals surface area contributed by atoms with Gasteiger partial charge < -0.3 is 9.84 Å². The zero-order valence-corrected chi connectivity index (χ0v) is 7.47. The summed E-state index contributed by atoms with van der Waals surface area (Å²) in [6.07, 6.45) is 3.12. The third-order valence-corrected chi connectivity index (χ3v) is 1.95. The fraction of sp³-hybridized carbons (Fsp3) is 0.111. The van der Waals surface area contributed by atoms with Gasteiger partial charge in [-0.05, 0) is 12.1 Å². The molecule has 0 aromatic carbocycles. The lowest BCUT2D eigenvalue weighted by molar-refractivity contribution is 0.0689. The molecule has 0 aliphatic heterocycles. The predicted octanol–water partition coefficient (Wildman–Crippen LogP) is 1.04. The van der Waals surface area contributed by atoms with E-state index in [2.05, 4.69) is 4.98 Å². The minimum atomic E-state index is -0.990. The van der Waals surface area contributed by atoms with Gasteiger partial charge in [0.25, 0.3) is 0 Å². The molecule has 0 fully saturated rings. The van der Waals surface area contributed by atoms with E-state index in [1.54, 1.807) is 12.3 Å². The molecule has 5 heteroatoms. The van der Waals surface area contributed by atoms with Gasteiger partial charge in [0, 0.05) is 12.4 Å². The van der Waals surface area contributed by atoms with Gasteiger partial charge >= 0.3 is 5.97 Å². The summed E-state index contributed by atoms with van der Waals surface area (Å²) >= 11 is 0. The average Bonchev–Trinajstić information content (AvgIpc) is 2.64. The lowest BCUT2D eigenvalue weighted by atomic mass is 10.3. The molecule has 1 N–H and O–H groups in total. The molecule has 0 unspecified atom stereocenters. The van der Waals surface area contributed by atoms with Crippen molar-refractivity contribution < 1.29 is 14.6 Å². The fourth-order valence-electron chi connectivity index (χ4n) is 1.32. The number of rotatable bonds is 2. The summed E-state index contributed by atoms with van der Waals surface area (Å²) in [4.78, 5) is 14.8. The molecule has 14 heavy (non-hydrogen) atoms. The highest BCUT2D eigenvalue weighted by Crippen LogP contribution is 2.19. The quantitative estimate of drug-likeness (QED) is 0.772. The van der Waals surface area contributed by atoms with Crippen molar-refractivity contribution in [1.82, 2.24) is 9.38 Å². The maximum Gasteiger partial charge on any atom is 0.352 e. The number of carboxylic acid groups (broad SMARTS) is 1. The average molecular weight is 192 g/mol. The molecule has 2 heterocycles. The van der Waals surface area contributed by atoms with E-state index < -0.39 is 5.97 Å². The Hall–Kier alpha value is -2.04. The Morgan fingerprint density at radius 2 is 2.36 bits per heavy atom. The number of methoxy groups -OCH3 is 1. The number of aromatic carboxylic acids is 1. The van der Waals surface area contributed by atoms with E-state index in [4.69, 9.17) is 9.84 Å². The molecule has 0 radical (unpaired) electrons. The first-order valence-electron chi connectivity index (χ1n) is 3.97. The van der Waals surface area contributed by atoms with Crippen molar-refractivity contribution in [3.63, 3.8) is 0 Å². The van der Waals surface area contributed by atoms with Crippen LogP contribution in [0.1, 0.15) is 10.5 Å². The zero-order chi connectivity index (χ0) is 10.1. The first-order valence-corrected chi connectivity index (χ1v) is 3.97. The minimum absolute atomic E-state index is 0.165. The maximum absolute atomic E-state index is 10.8. The molecular formula is C9H8N2O3. The van der Waals surface area contributed by atoms with E-state index in [1.165, 1.54) is 23.8 Å². The zero-order valence-electron chi connectivity index (χ0n) is 7.47. The Balaban J connectivity index is 2.78. The Morgan fingerprint density at radius 1 is 1.57 bits per heavy atom. The van der Waals surface area contributed by atoms with Crippen molar-refractivity contribution in [3.8, 4) is 5.75 Å². The van der Waals surface area contributed by atoms with Crippen LogP contribution in [0.5, 0.6) is 5.75 Å². The Bertz CT molecular complexity index is 490. The predicted molar refractivity (Wildman–Crippen MR) is 48.7 cm³/mol. The molecule has 2 aromatic heterocycles. The summed E-state index contributed by atoms with van der Waals surface area (Å²) in [7, 11) is 1.52. The lowest BCUT2D eigenvalue weighted by Crippen LogP contribution is -2.04. The highest BCUT2D eigenvalue weighted by Gasteiger charge is 2.11. The summed E-state index contributed by atoms with van der Waals surface area (Å²) in [6, 6.07) is 3.07. The van der Waals surface area contributed by atoms with E-state index in [0.717, 1.165) is 0 Å². The van der Waals surface area contributed by atoms with Crippen LogP contribution in [0.25, 0.3) is 5.65 Å². The largest absolute Gasteiger partial charge is 0.493 e. The molecule has 0 aliphatic carbocycles. The molecule has 2 aromatic rings. The topological polar surface area (TPSA) is 63.8 Å². The number of fused-ring (bicyclic) bond motifs is 1. The highest BCUT2D eigenvalue weighted by molar-refractivity contribution is 5.87. The molecule has 0 saturated carbocycles. The summed E-state index contributed by atoms with van der Waals surface area (Å²) in [5, 5.41) is 8.88. The van der Waals surface area contributed by atoms with Gasteiger partial charge in [0.2, 0.25) is 0 Å². The Labute approximate surface area is 79.6 Å². The van der Waals surface area contributed by atoms with Crippen LogP contribution in [0.2, 0.25) is 0 Å². The molecule has 72 valence electrons. The molecule has 0 saturated heterocycles. The molecule has 0 aliphatic rings. The van der Waals surface area contributed by atoms with Gasteiger partial charge in [-0.1, -0.05) is 0 Å². The third kappa shape index (κ3) is 1.10. The van der Waals surface area contributed by atoms with Crippen LogP contribution in [0.3, 0.4) is 0 Å². The Kier molecular flexibility index (Phi) is 1.85. The maximum atomic E-state index is 10.8. The van der Waals surface area contributed by atoms with Crippen molar-refractivity contribution in [1.29, 1.82) is 0 Å². The summed E-state index contributed by atoms with van der Waals surface area (Å²) in [5.74, 6) is -0.435. The number of carboxylic acids is 1. The van der Waals surface area contributed by atoms with Gasteiger partial charge in [-0.25, -0.2) is 9.78 Å². The SMILES string of the molecule is COc1ccc(C(=O)O)n2ccnc12. The number of pyridine rings is 1. The van der Waals surface area contributed by atoms with Gasteiger partial charge in [-0.2, -0.15) is 0 Å². The van der Waals surface area contributed by atoms with Crippen LogP contribution < -0.4 is 4.74 Å². The van der Waals surface area contributed by atoms with Gasteiger partial charge in [0.1, 0.15) is 5.69 Å². The van der Waals surface area contributed by atoms with Crippen LogP contribution in [0.4, 0.5) is 0 Å². The molecule has 0 atom stereocenters. The molecule has 0 bridgehead atoms. The van der Waals surface area contributed by atoms with E-state index in [1.807, 2.05) is 0 Å². The molecule has 0 amide bonds. The Morgan fingerprint density at radius 3 is 3.00 bits per heavy atom. The van der Waals surface area contributed by atoms with Gasteiger partial charge in [-0.15, -0.1) is 0 Å². The lowest BCUT2D eigenvalue weighted by Gasteiger charge is -2.04.